The molecule has 1 atom stereocenters. The smallest absolute Gasteiger partial charge is 0.191 e. The summed E-state index contributed by atoms with van der Waals surface area (Å²) in [4.78, 5) is 6.76. The fraction of sp³-hybridized carbons (Fsp3) is 0.941. The molecule has 0 aromatic carbocycles. The van der Waals surface area contributed by atoms with Gasteiger partial charge in [-0.05, 0) is 59.2 Å². The fourth-order valence-electron chi connectivity index (χ4n) is 2.34. The van der Waals surface area contributed by atoms with Gasteiger partial charge in [0.2, 0.25) is 0 Å². The Morgan fingerprint density at radius 3 is 2.45 bits per heavy atom. The number of hydrogen-bond acceptors (Lipinski definition) is 3. The van der Waals surface area contributed by atoms with Crippen LogP contribution in [0.5, 0.6) is 0 Å². The Kier molecular flexibility index (Phi) is 14.5. The molecule has 0 bridgehead atoms. The molecule has 0 aliphatic heterocycles. The maximum absolute atomic E-state index is 5.34. The Labute approximate surface area is 137 Å². The topological polar surface area (TPSA) is 48.9 Å². The van der Waals surface area contributed by atoms with E-state index in [9.17, 15) is 0 Å². The Balaban J connectivity index is 3.73. The molecule has 1 unspecified atom stereocenters. The highest BCUT2D eigenvalue weighted by Gasteiger charge is 2.06. The van der Waals surface area contributed by atoms with Gasteiger partial charge in [0.1, 0.15) is 0 Å². The third-order valence-corrected chi connectivity index (χ3v) is 3.82. The molecule has 132 valence electrons. The van der Waals surface area contributed by atoms with E-state index in [4.69, 9.17) is 4.74 Å². The van der Waals surface area contributed by atoms with Crippen LogP contribution < -0.4 is 10.6 Å². The molecule has 5 nitrogen and oxygen atoms in total. The Bertz CT molecular complexity index is 267. The number of hydrogen-bond donors (Lipinski definition) is 2. The molecule has 0 fully saturated rings. The number of ether oxygens (including phenoxy) is 1. The zero-order chi connectivity index (χ0) is 16.6. The van der Waals surface area contributed by atoms with E-state index < -0.39 is 0 Å². The molecule has 0 amide bonds. The van der Waals surface area contributed by atoms with Crippen LogP contribution in [0, 0.1) is 0 Å². The molecule has 5 heteroatoms. The minimum Gasteiger partial charge on any atom is -0.382 e. The highest BCUT2D eigenvalue weighted by Crippen LogP contribution is 1.99. The summed E-state index contributed by atoms with van der Waals surface area (Å²) in [5, 5.41) is 6.84. The first kappa shape index (κ1) is 21.2. The van der Waals surface area contributed by atoms with Crippen molar-refractivity contribution in [1.29, 1.82) is 0 Å². The van der Waals surface area contributed by atoms with Gasteiger partial charge in [-0.3, -0.25) is 4.99 Å². The maximum atomic E-state index is 5.34. The molecule has 0 saturated heterocycles. The Morgan fingerprint density at radius 2 is 1.86 bits per heavy atom. The van der Waals surface area contributed by atoms with Crippen molar-refractivity contribution in [2.75, 3.05) is 46.4 Å². The van der Waals surface area contributed by atoms with E-state index in [1.807, 2.05) is 14.0 Å². The van der Waals surface area contributed by atoms with E-state index in [0.29, 0.717) is 6.04 Å². The number of aliphatic imine (C=N–C) groups is 1. The number of guanidine groups is 1. The number of nitrogens with one attached hydrogen (secondary N) is 2. The number of rotatable bonds is 13. The second kappa shape index (κ2) is 15.1. The predicted octanol–water partition coefficient (Wildman–Crippen LogP) is 2.48. The van der Waals surface area contributed by atoms with E-state index in [2.05, 4.69) is 41.3 Å². The largest absolute Gasteiger partial charge is 0.382 e. The number of unbranched alkanes of at least 4 members (excludes halogenated alkanes) is 1. The molecule has 0 spiro atoms. The van der Waals surface area contributed by atoms with E-state index in [1.165, 1.54) is 19.4 Å². The van der Waals surface area contributed by atoms with Crippen LogP contribution in [0.2, 0.25) is 0 Å². The molecule has 0 radical (unpaired) electrons. The van der Waals surface area contributed by atoms with Crippen molar-refractivity contribution in [2.45, 2.75) is 59.4 Å². The quantitative estimate of drug-likeness (QED) is 0.311. The first-order valence-electron chi connectivity index (χ1n) is 8.95. The third kappa shape index (κ3) is 11.8. The van der Waals surface area contributed by atoms with Gasteiger partial charge >= 0.3 is 0 Å². The molecule has 0 aromatic heterocycles. The van der Waals surface area contributed by atoms with Gasteiger partial charge in [0.25, 0.3) is 0 Å². The van der Waals surface area contributed by atoms with Crippen molar-refractivity contribution in [1.82, 2.24) is 15.5 Å². The SMILES string of the molecule is CCOCCCCNC(=NC)NC(C)CCCN(CC)CC. The average molecular weight is 315 g/mol. The Morgan fingerprint density at radius 1 is 1.14 bits per heavy atom. The van der Waals surface area contributed by atoms with Gasteiger partial charge in [0.05, 0.1) is 0 Å². The van der Waals surface area contributed by atoms with Gasteiger partial charge in [-0.15, -0.1) is 0 Å². The minimum atomic E-state index is 0.449. The summed E-state index contributed by atoms with van der Waals surface area (Å²) >= 11 is 0. The molecule has 0 saturated carbocycles. The zero-order valence-corrected chi connectivity index (χ0v) is 15.5. The second-order valence-electron chi connectivity index (χ2n) is 5.62. The van der Waals surface area contributed by atoms with Crippen LogP contribution in [-0.2, 0) is 4.74 Å². The fourth-order valence-corrected chi connectivity index (χ4v) is 2.34. The van der Waals surface area contributed by atoms with E-state index in [-0.39, 0.29) is 0 Å². The highest BCUT2D eigenvalue weighted by atomic mass is 16.5. The molecular weight excluding hydrogens is 276 g/mol. The van der Waals surface area contributed by atoms with Crippen molar-refractivity contribution >= 4 is 5.96 Å². The van der Waals surface area contributed by atoms with E-state index in [0.717, 1.165) is 51.6 Å². The first-order chi connectivity index (χ1) is 10.7. The third-order valence-electron chi connectivity index (χ3n) is 3.82. The van der Waals surface area contributed by atoms with Crippen molar-refractivity contribution in [2.24, 2.45) is 4.99 Å². The lowest BCUT2D eigenvalue weighted by atomic mass is 10.2. The van der Waals surface area contributed by atoms with Crippen LogP contribution in [0.4, 0.5) is 0 Å². The molecular formula is C17H38N4O. The maximum Gasteiger partial charge on any atom is 0.191 e. The monoisotopic (exact) mass is 314 g/mol. The van der Waals surface area contributed by atoms with Gasteiger partial charge < -0.3 is 20.3 Å². The summed E-state index contributed by atoms with van der Waals surface area (Å²) < 4.78 is 5.34. The van der Waals surface area contributed by atoms with Gasteiger partial charge in [-0.2, -0.15) is 0 Å². The number of nitrogens with zero attached hydrogens (tertiary/aromatic N) is 2. The van der Waals surface area contributed by atoms with E-state index >= 15 is 0 Å². The normalized spacial score (nSPS) is 13.5. The molecule has 0 aromatic rings. The summed E-state index contributed by atoms with van der Waals surface area (Å²) in [7, 11) is 1.83. The molecule has 0 heterocycles. The highest BCUT2D eigenvalue weighted by molar-refractivity contribution is 5.79. The van der Waals surface area contributed by atoms with Crippen molar-refractivity contribution in [3.63, 3.8) is 0 Å². The van der Waals surface area contributed by atoms with Crippen LogP contribution in [0.25, 0.3) is 0 Å². The standard InChI is InChI=1S/C17H38N4O/c1-6-21(7-2)14-11-12-16(4)20-17(18-5)19-13-9-10-15-22-8-3/h16H,6-15H2,1-5H3,(H2,18,19,20). The van der Waals surface area contributed by atoms with Crippen LogP contribution in [0.1, 0.15) is 53.4 Å². The Hall–Kier alpha value is -0.810. The van der Waals surface area contributed by atoms with Crippen molar-refractivity contribution in [3.05, 3.63) is 0 Å². The summed E-state index contributed by atoms with van der Waals surface area (Å²) in [6.45, 7) is 14.8. The van der Waals surface area contributed by atoms with Gasteiger partial charge in [-0.25, -0.2) is 0 Å². The minimum absolute atomic E-state index is 0.449. The molecule has 0 aliphatic carbocycles. The molecule has 0 rings (SSSR count). The van der Waals surface area contributed by atoms with Crippen LogP contribution in [0.3, 0.4) is 0 Å². The lowest BCUT2D eigenvalue weighted by Gasteiger charge is -2.21. The lowest BCUT2D eigenvalue weighted by Crippen LogP contribution is -2.42. The van der Waals surface area contributed by atoms with Crippen LogP contribution in [-0.4, -0.2) is 63.3 Å². The zero-order valence-electron chi connectivity index (χ0n) is 15.5. The summed E-state index contributed by atoms with van der Waals surface area (Å²) in [5.74, 6) is 0.909. The van der Waals surface area contributed by atoms with Gasteiger partial charge in [0.15, 0.2) is 5.96 Å². The van der Waals surface area contributed by atoms with E-state index in [1.54, 1.807) is 0 Å². The van der Waals surface area contributed by atoms with Crippen LogP contribution >= 0.6 is 0 Å². The van der Waals surface area contributed by atoms with Crippen LogP contribution in [0.15, 0.2) is 4.99 Å². The van der Waals surface area contributed by atoms with Crippen molar-refractivity contribution < 1.29 is 4.74 Å². The van der Waals surface area contributed by atoms with Crippen molar-refractivity contribution in [3.8, 4) is 0 Å². The predicted molar refractivity (Wildman–Crippen MR) is 96.7 cm³/mol. The average Bonchev–Trinajstić information content (AvgIpc) is 2.53. The van der Waals surface area contributed by atoms with Gasteiger partial charge in [0, 0.05) is 32.8 Å². The first-order valence-corrected chi connectivity index (χ1v) is 8.95. The van der Waals surface area contributed by atoms with Gasteiger partial charge in [-0.1, -0.05) is 13.8 Å². The summed E-state index contributed by atoms with van der Waals surface area (Å²) in [5.41, 5.74) is 0. The molecule has 22 heavy (non-hydrogen) atoms. The molecule has 0 aliphatic rings. The second-order valence-corrected chi connectivity index (χ2v) is 5.62. The molecule has 2 N–H and O–H groups in total. The lowest BCUT2D eigenvalue weighted by molar-refractivity contribution is 0.143. The summed E-state index contributed by atoms with van der Waals surface area (Å²) in [6, 6.07) is 0.449. The summed E-state index contributed by atoms with van der Waals surface area (Å²) in [6.07, 6.45) is 4.59.